The molecule has 0 aliphatic rings. The van der Waals surface area contributed by atoms with Gasteiger partial charge in [-0.3, -0.25) is 4.79 Å². The molecule has 0 radical (unpaired) electrons. The molecule has 0 saturated heterocycles. The highest BCUT2D eigenvalue weighted by Gasteiger charge is 2.14. The molecule has 18 heavy (non-hydrogen) atoms. The van der Waals surface area contributed by atoms with Gasteiger partial charge in [-0.1, -0.05) is 19.1 Å². The van der Waals surface area contributed by atoms with Crippen molar-refractivity contribution in [3.8, 4) is 0 Å². The van der Waals surface area contributed by atoms with Crippen LogP contribution in [0.2, 0.25) is 0 Å². The Hall–Kier alpha value is -1.55. The zero-order valence-corrected chi connectivity index (χ0v) is 11.5. The van der Waals surface area contributed by atoms with Gasteiger partial charge >= 0.3 is 0 Å². The molecular weight excluding hydrogens is 228 g/mol. The normalized spacial score (nSPS) is 13.8. The van der Waals surface area contributed by atoms with Crippen molar-refractivity contribution in [1.29, 1.82) is 0 Å². The van der Waals surface area contributed by atoms with E-state index >= 15 is 0 Å². The summed E-state index contributed by atoms with van der Waals surface area (Å²) in [5.74, 6) is -0.0149. The van der Waals surface area contributed by atoms with E-state index in [1.165, 1.54) is 0 Å². The fourth-order valence-electron chi connectivity index (χ4n) is 1.85. The van der Waals surface area contributed by atoms with E-state index in [-0.39, 0.29) is 11.8 Å². The van der Waals surface area contributed by atoms with E-state index in [0.29, 0.717) is 6.54 Å². The lowest BCUT2D eigenvalue weighted by atomic mass is 10.1. The van der Waals surface area contributed by atoms with Crippen LogP contribution in [0.5, 0.6) is 0 Å². The third kappa shape index (κ3) is 3.74. The number of aliphatic hydroxyl groups is 1. The summed E-state index contributed by atoms with van der Waals surface area (Å²) < 4.78 is 0. The number of nitrogens with one attached hydrogen (secondary N) is 1. The summed E-state index contributed by atoms with van der Waals surface area (Å²) >= 11 is 0. The Labute approximate surface area is 109 Å². The molecule has 4 nitrogen and oxygen atoms in total. The van der Waals surface area contributed by atoms with Crippen molar-refractivity contribution in [1.82, 2.24) is 5.32 Å². The minimum atomic E-state index is -0.450. The monoisotopic (exact) mass is 250 g/mol. The Morgan fingerprint density at radius 2 is 1.89 bits per heavy atom. The van der Waals surface area contributed by atoms with E-state index in [0.717, 1.165) is 11.3 Å². The lowest BCUT2D eigenvalue weighted by molar-refractivity contribution is -0.123. The molecule has 0 spiro atoms. The molecular formula is C14H22N2O2. The van der Waals surface area contributed by atoms with Crippen molar-refractivity contribution in [2.24, 2.45) is 5.92 Å². The quantitative estimate of drug-likeness (QED) is 0.834. The first-order chi connectivity index (χ1) is 8.45. The van der Waals surface area contributed by atoms with Crippen LogP contribution in [0, 0.1) is 5.92 Å². The van der Waals surface area contributed by atoms with Crippen LogP contribution in [-0.2, 0) is 4.79 Å². The molecule has 0 saturated carbocycles. The van der Waals surface area contributed by atoms with Gasteiger partial charge in [0.05, 0.1) is 12.0 Å². The highest BCUT2D eigenvalue weighted by Crippen LogP contribution is 2.18. The first-order valence-electron chi connectivity index (χ1n) is 6.16. The molecule has 1 aromatic rings. The van der Waals surface area contributed by atoms with E-state index in [9.17, 15) is 9.90 Å². The van der Waals surface area contributed by atoms with E-state index in [2.05, 4.69) is 5.32 Å². The maximum absolute atomic E-state index is 11.5. The molecule has 4 heteroatoms. The number of nitrogens with zero attached hydrogens (tertiary/aromatic N) is 1. The van der Waals surface area contributed by atoms with E-state index in [4.69, 9.17) is 0 Å². The van der Waals surface area contributed by atoms with Crippen LogP contribution in [-0.4, -0.2) is 31.7 Å². The van der Waals surface area contributed by atoms with Gasteiger partial charge in [0, 0.05) is 26.3 Å². The third-order valence-electron chi connectivity index (χ3n) is 3.06. The number of hydrogen-bond donors (Lipinski definition) is 2. The average molecular weight is 250 g/mol. The lowest BCUT2D eigenvalue weighted by Gasteiger charge is -2.23. The van der Waals surface area contributed by atoms with Gasteiger partial charge in [0.2, 0.25) is 5.91 Å². The van der Waals surface area contributed by atoms with Gasteiger partial charge in [0.25, 0.3) is 0 Å². The minimum Gasteiger partial charge on any atom is -0.389 e. The molecule has 100 valence electrons. The smallest absolute Gasteiger partial charge is 0.224 e. The fraction of sp³-hybridized carbons (Fsp3) is 0.500. The first-order valence-corrected chi connectivity index (χ1v) is 6.16. The standard InChI is InChI=1S/C14H22N2O2/c1-10(14(18)15-3)9-16(4)13-7-5-12(6-8-13)11(2)17/h5-8,10-11,17H,9H2,1-4H3,(H,15,18)/t10?,11-/m1/s1. The van der Waals surface area contributed by atoms with Gasteiger partial charge in [0.1, 0.15) is 0 Å². The highest BCUT2D eigenvalue weighted by atomic mass is 16.3. The van der Waals surface area contributed by atoms with Crippen LogP contribution in [0.25, 0.3) is 0 Å². The Balaban J connectivity index is 2.67. The second kappa shape index (κ2) is 6.40. The summed E-state index contributed by atoms with van der Waals surface area (Å²) in [5, 5.41) is 12.1. The number of amides is 1. The predicted octanol–water partition coefficient (Wildman–Crippen LogP) is 1.56. The molecule has 2 N–H and O–H groups in total. The predicted molar refractivity (Wildman–Crippen MR) is 73.6 cm³/mol. The molecule has 0 heterocycles. The lowest BCUT2D eigenvalue weighted by Crippen LogP contribution is -2.34. The molecule has 0 aliphatic heterocycles. The number of carbonyl (C=O) groups excluding carboxylic acids is 1. The Bertz CT molecular complexity index is 387. The average Bonchev–Trinajstić information content (AvgIpc) is 2.37. The van der Waals surface area contributed by atoms with Gasteiger partial charge in [-0.2, -0.15) is 0 Å². The minimum absolute atomic E-state index is 0.0439. The summed E-state index contributed by atoms with van der Waals surface area (Å²) in [6, 6.07) is 7.72. The van der Waals surface area contributed by atoms with E-state index in [1.807, 2.05) is 43.1 Å². The molecule has 1 aromatic carbocycles. The van der Waals surface area contributed by atoms with Gasteiger partial charge in [-0.15, -0.1) is 0 Å². The summed E-state index contributed by atoms with van der Waals surface area (Å²) in [5.41, 5.74) is 1.93. The fourth-order valence-corrected chi connectivity index (χ4v) is 1.85. The Morgan fingerprint density at radius 3 is 2.33 bits per heavy atom. The number of rotatable bonds is 5. The van der Waals surface area contributed by atoms with Crippen molar-refractivity contribution in [3.05, 3.63) is 29.8 Å². The van der Waals surface area contributed by atoms with Crippen LogP contribution in [0.3, 0.4) is 0 Å². The van der Waals surface area contributed by atoms with E-state index in [1.54, 1.807) is 14.0 Å². The van der Waals surface area contributed by atoms with Crippen LogP contribution >= 0.6 is 0 Å². The van der Waals surface area contributed by atoms with Crippen molar-refractivity contribution in [2.75, 3.05) is 25.5 Å². The molecule has 1 amide bonds. The maximum atomic E-state index is 11.5. The SMILES string of the molecule is CNC(=O)C(C)CN(C)c1ccc([C@@H](C)O)cc1. The summed E-state index contributed by atoms with van der Waals surface area (Å²) in [6.45, 7) is 4.31. The van der Waals surface area contributed by atoms with Crippen molar-refractivity contribution in [2.45, 2.75) is 20.0 Å². The van der Waals surface area contributed by atoms with E-state index < -0.39 is 6.10 Å². The summed E-state index contributed by atoms with van der Waals surface area (Å²) in [6.07, 6.45) is -0.450. The van der Waals surface area contributed by atoms with Crippen molar-refractivity contribution < 1.29 is 9.90 Å². The van der Waals surface area contributed by atoms with Crippen LogP contribution < -0.4 is 10.2 Å². The topological polar surface area (TPSA) is 52.6 Å². The summed E-state index contributed by atoms with van der Waals surface area (Å²) in [7, 11) is 3.60. The van der Waals surface area contributed by atoms with Crippen LogP contribution in [0.1, 0.15) is 25.5 Å². The second-order valence-electron chi connectivity index (χ2n) is 4.66. The zero-order valence-electron chi connectivity index (χ0n) is 11.5. The number of anilines is 1. The Morgan fingerprint density at radius 1 is 1.33 bits per heavy atom. The molecule has 0 fully saturated rings. The largest absolute Gasteiger partial charge is 0.389 e. The molecule has 2 atom stereocenters. The molecule has 1 rings (SSSR count). The number of aliphatic hydroxyl groups excluding tert-OH is 1. The molecule has 0 aliphatic carbocycles. The van der Waals surface area contributed by atoms with Crippen molar-refractivity contribution >= 4 is 11.6 Å². The molecule has 0 aromatic heterocycles. The van der Waals surface area contributed by atoms with Gasteiger partial charge in [0.15, 0.2) is 0 Å². The van der Waals surface area contributed by atoms with Crippen LogP contribution in [0.4, 0.5) is 5.69 Å². The molecule has 0 bridgehead atoms. The maximum Gasteiger partial charge on any atom is 0.224 e. The number of carbonyl (C=O) groups is 1. The Kier molecular flexibility index (Phi) is 5.16. The highest BCUT2D eigenvalue weighted by molar-refractivity contribution is 5.78. The number of benzene rings is 1. The number of hydrogen-bond acceptors (Lipinski definition) is 3. The van der Waals surface area contributed by atoms with Gasteiger partial charge in [-0.25, -0.2) is 0 Å². The zero-order chi connectivity index (χ0) is 13.7. The van der Waals surface area contributed by atoms with Crippen molar-refractivity contribution in [3.63, 3.8) is 0 Å². The summed E-state index contributed by atoms with van der Waals surface area (Å²) in [4.78, 5) is 13.5. The second-order valence-corrected chi connectivity index (χ2v) is 4.66. The first kappa shape index (κ1) is 14.5. The third-order valence-corrected chi connectivity index (χ3v) is 3.06. The van der Waals surface area contributed by atoms with Gasteiger partial charge in [-0.05, 0) is 24.6 Å². The van der Waals surface area contributed by atoms with Gasteiger partial charge < -0.3 is 15.3 Å². The van der Waals surface area contributed by atoms with Crippen LogP contribution in [0.15, 0.2) is 24.3 Å². The molecule has 1 unspecified atom stereocenters.